The Kier molecular flexibility index (Phi) is 2.48. The van der Waals surface area contributed by atoms with E-state index in [2.05, 4.69) is 5.32 Å². The number of nitrogens with one attached hydrogen (secondary N) is 1. The van der Waals surface area contributed by atoms with E-state index in [0.717, 1.165) is 5.00 Å². The molecular weight excluding hydrogens is 160 g/mol. The zero-order valence-corrected chi connectivity index (χ0v) is 7.02. The first-order valence-electron chi connectivity index (χ1n) is 3.29. The maximum absolute atomic E-state index is 10.6. The van der Waals surface area contributed by atoms with Gasteiger partial charge >= 0.3 is 0 Å². The van der Waals surface area contributed by atoms with Crippen molar-refractivity contribution >= 4 is 22.2 Å². The number of nitrogens with two attached hydrogens (primary N) is 1. The van der Waals surface area contributed by atoms with E-state index in [4.69, 9.17) is 5.73 Å². The molecule has 0 aromatic carbocycles. The van der Waals surface area contributed by atoms with E-state index in [1.165, 1.54) is 0 Å². The SMILES string of the molecule is C[C@H](Nc1cccs1)C(N)=O. The molecule has 0 bridgehead atoms. The van der Waals surface area contributed by atoms with Gasteiger partial charge in [0.15, 0.2) is 0 Å². The van der Waals surface area contributed by atoms with Crippen LogP contribution in [0.4, 0.5) is 5.00 Å². The van der Waals surface area contributed by atoms with Gasteiger partial charge in [0.25, 0.3) is 0 Å². The molecular formula is C7H10N2OS. The predicted octanol–water partition coefficient (Wildman–Crippen LogP) is 1.03. The van der Waals surface area contributed by atoms with Crippen LogP contribution in [0.2, 0.25) is 0 Å². The highest BCUT2D eigenvalue weighted by atomic mass is 32.1. The minimum Gasteiger partial charge on any atom is -0.368 e. The van der Waals surface area contributed by atoms with Gasteiger partial charge in [-0.15, -0.1) is 11.3 Å². The Labute approximate surface area is 69.2 Å². The van der Waals surface area contributed by atoms with Gasteiger partial charge in [-0.2, -0.15) is 0 Å². The summed E-state index contributed by atoms with van der Waals surface area (Å²) in [5.41, 5.74) is 5.06. The van der Waals surface area contributed by atoms with Crippen molar-refractivity contribution in [3.63, 3.8) is 0 Å². The van der Waals surface area contributed by atoms with Gasteiger partial charge < -0.3 is 11.1 Å². The number of primary amides is 1. The van der Waals surface area contributed by atoms with Crippen molar-refractivity contribution < 1.29 is 4.79 Å². The van der Waals surface area contributed by atoms with Crippen LogP contribution in [0.1, 0.15) is 6.92 Å². The van der Waals surface area contributed by atoms with Crippen molar-refractivity contribution in [3.05, 3.63) is 17.5 Å². The van der Waals surface area contributed by atoms with Crippen LogP contribution < -0.4 is 11.1 Å². The summed E-state index contributed by atoms with van der Waals surface area (Å²) in [5, 5.41) is 5.87. The van der Waals surface area contributed by atoms with Crippen molar-refractivity contribution in [3.8, 4) is 0 Å². The minimum atomic E-state index is -0.335. The number of amides is 1. The maximum Gasteiger partial charge on any atom is 0.239 e. The molecule has 11 heavy (non-hydrogen) atoms. The Morgan fingerprint density at radius 1 is 1.82 bits per heavy atom. The number of hydrogen-bond acceptors (Lipinski definition) is 3. The second-order valence-electron chi connectivity index (χ2n) is 2.25. The van der Waals surface area contributed by atoms with Crippen molar-refractivity contribution in [2.24, 2.45) is 5.73 Å². The molecule has 1 atom stereocenters. The normalized spacial score (nSPS) is 12.5. The highest BCUT2D eigenvalue weighted by molar-refractivity contribution is 7.14. The van der Waals surface area contributed by atoms with Gasteiger partial charge in [-0.05, 0) is 24.4 Å². The van der Waals surface area contributed by atoms with E-state index in [-0.39, 0.29) is 11.9 Å². The van der Waals surface area contributed by atoms with E-state index < -0.39 is 0 Å². The first-order valence-corrected chi connectivity index (χ1v) is 4.17. The van der Waals surface area contributed by atoms with Crippen molar-refractivity contribution in [2.45, 2.75) is 13.0 Å². The molecule has 1 heterocycles. The molecule has 0 aliphatic rings. The van der Waals surface area contributed by atoms with Gasteiger partial charge in [0.1, 0.15) is 6.04 Å². The summed E-state index contributed by atoms with van der Waals surface area (Å²) in [4.78, 5) is 10.6. The molecule has 0 unspecified atom stereocenters. The summed E-state index contributed by atoms with van der Waals surface area (Å²) in [6.45, 7) is 1.74. The second-order valence-corrected chi connectivity index (χ2v) is 3.19. The fraction of sp³-hybridized carbons (Fsp3) is 0.286. The van der Waals surface area contributed by atoms with Crippen molar-refractivity contribution in [2.75, 3.05) is 5.32 Å². The Morgan fingerprint density at radius 2 is 2.55 bits per heavy atom. The molecule has 3 N–H and O–H groups in total. The lowest BCUT2D eigenvalue weighted by Crippen LogP contribution is -2.32. The van der Waals surface area contributed by atoms with Crippen molar-refractivity contribution in [1.29, 1.82) is 0 Å². The number of carbonyl (C=O) groups is 1. The average Bonchev–Trinajstić information content (AvgIpc) is 2.39. The molecule has 0 spiro atoms. The molecule has 0 fully saturated rings. The van der Waals surface area contributed by atoms with E-state index in [9.17, 15) is 4.79 Å². The number of thiophene rings is 1. The molecule has 1 amide bonds. The summed E-state index contributed by atoms with van der Waals surface area (Å²) in [5.74, 6) is -0.335. The van der Waals surface area contributed by atoms with Gasteiger partial charge in [-0.1, -0.05) is 0 Å². The van der Waals surface area contributed by atoms with E-state index in [0.29, 0.717) is 0 Å². The average molecular weight is 170 g/mol. The Morgan fingerprint density at radius 3 is 3.00 bits per heavy atom. The third-order valence-corrected chi connectivity index (χ3v) is 2.11. The molecule has 1 aromatic heterocycles. The van der Waals surface area contributed by atoms with Crippen LogP contribution in [0, 0.1) is 0 Å². The number of carbonyl (C=O) groups excluding carboxylic acids is 1. The monoisotopic (exact) mass is 170 g/mol. The lowest BCUT2D eigenvalue weighted by atomic mass is 10.3. The number of hydrogen-bond donors (Lipinski definition) is 2. The predicted molar refractivity (Wildman–Crippen MR) is 46.6 cm³/mol. The molecule has 4 heteroatoms. The summed E-state index contributed by atoms with van der Waals surface area (Å²) in [7, 11) is 0. The topological polar surface area (TPSA) is 55.1 Å². The summed E-state index contributed by atoms with van der Waals surface area (Å²) in [6.07, 6.45) is 0. The van der Waals surface area contributed by atoms with E-state index in [1.807, 2.05) is 17.5 Å². The highest BCUT2D eigenvalue weighted by Crippen LogP contribution is 2.15. The summed E-state index contributed by atoms with van der Waals surface area (Å²) >= 11 is 1.55. The van der Waals surface area contributed by atoms with Gasteiger partial charge in [0.2, 0.25) is 5.91 Å². The van der Waals surface area contributed by atoms with Crippen LogP contribution in [0.3, 0.4) is 0 Å². The highest BCUT2D eigenvalue weighted by Gasteiger charge is 2.07. The van der Waals surface area contributed by atoms with Crippen LogP contribution in [0.5, 0.6) is 0 Å². The van der Waals surface area contributed by atoms with Crippen molar-refractivity contribution in [1.82, 2.24) is 0 Å². The van der Waals surface area contributed by atoms with Crippen LogP contribution in [-0.4, -0.2) is 11.9 Å². The molecule has 0 saturated carbocycles. The number of rotatable bonds is 3. The largest absolute Gasteiger partial charge is 0.368 e. The molecule has 60 valence electrons. The third kappa shape index (κ3) is 2.23. The third-order valence-electron chi connectivity index (χ3n) is 1.31. The Hall–Kier alpha value is -1.03. The van der Waals surface area contributed by atoms with E-state index >= 15 is 0 Å². The van der Waals surface area contributed by atoms with Gasteiger partial charge in [-0.25, -0.2) is 0 Å². The van der Waals surface area contributed by atoms with Crippen LogP contribution >= 0.6 is 11.3 Å². The Balaban J connectivity index is 2.50. The lowest BCUT2D eigenvalue weighted by molar-refractivity contribution is -0.118. The summed E-state index contributed by atoms with van der Waals surface area (Å²) < 4.78 is 0. The summed E-state index contributed by atoms with van der Waals surface area (Å²) in [6, 6.07) is 3.53. The first kappa shape index (κ1) is 8.07. The lowest BCUT2D eigenvalue weighted by Gasteiger charge is -2.07. The van der Waals surface area contributed by atoms with Gasteiger partial charge in [0, 0.05) is 0 Å². The first-order chi connectivity index (χ1) is 5.20. The standard InChI is InChI=1S/C7H10N2OS/c1-5(7(8)10)9-6-3-2-4-11-6/h2-5,9H,1H3,(H2,8,10)/t5-/m0/s1. The molecule has 0 saturated heterocycles. The second kappa shape index (κ2) is 3.39. The quantitative estimate of drug-likeness (QED) is 0.712. The molecule has 3 nitrogen and oxygen atoms in total. The maximum atomic E-state index is 10.6. The number of anilines is 1. The molecule has 0 radical (unpaired) electrons. The zero-order chi connectivity index (χ0) is 8.27. The fourth-order valence-electron chi connectivity index (χ4n) is 0.645. The molecule has 1 rings (SSSR count). The van der Waals surface area contributed by atoms with Crippen LogP contribution in [-0.2, 0) is 4.79 Å². The van der Waals surface area contributed by atoms with Crippen LogP contribution in [0.25, 0.3) is 0 Å². The van der Waals surface area contributed by atoms with Crippen LogP contribution in [0.15, 0.2) is 17.5 Å². The van der Waals surface area contributed by atoms with Gasteiger partial charge in [-0.3, -0.25) is 4.79 Å². The molecule has 1 aromatic rings. The molecule has 0 aliphatic carbocycles. The Bertz CT molecular complexity index is 233. The smallest absolute Gasteiger partial charge is 0.239 e. The van der Waals surface area contributed by atoms with Gasteiger partial charge in [0.05, 0.1) is 5.00 Å². The van der Waals surface area contributed by atoms with E-state index in [1.54, 1.807) is 18.3 Å². The molecule has 0 aliphatic heterocycles. The zero-order valence-electron chi connectivity index (χ0n) is 6.20. The fourth-order valence-corrected chi connectivity index (χ4v) is 1.35. The minimum absolute atomic E-state index is 0.298.